The number of carbonyl (C=O) groups is 1. The Morgan fingerprint density at radius 3 is 2.52 bits per heavy atom. The molecule has 0 aromatic carbocycles. The van der Waals surface area contributed by atoms with E-state index in [1.807, 2.05) is 0 Å². The number of rotatable bonds is 3. The third-order valence-electron chi connectivity index (χ3n) is 3.39. The first-order valence-corrected chi connectivity index (χ1v) is 6.11. The largest absolute Gasteiger partial charge is 0.478 e. The Labute approximate surface area is 117 Å². The molecule has 21 heavy (non-hydrogen) atoms. The molecule has 1 aromatic rings. The van der Waals surface area contributed by atoms with Gasteiger partial charge in [-0.15, -0.1) is 0 Å². The molecule has 9 heteroatoms. The van der Waals surface area contributed by atoms with E-state index in [0.717, 1.165) is 0 Å². The van der Waals surface area contributed by atoms with Crippen molar-refractivity contribution in [3.05, 3.63) is 23.3 Å². The number of alkyl halides is 3. The molecule has 1 N–H and O–H groups in total. The molecule has 1 aliphatic heterocycles. The van der Waals surface area contributed by atoms with Crippen molar-refractivity contribution in [1.29, 1.82) is 0 Å². The van der Waals surface area contributed by atoms with Gasteiger partial charge < -0.3 is 14.6 Å². The fourth-order valence-electron chi connectivity index (χ4n) is 2.19. The van der Waals surface area contributed by atoms with Crippen LogP contribution >= 0.6 is 0 Å². The third kappa shape index (κ3) is 2.98. The SMILES string of the molecule is COC1(c2ncc(C(=O)O)c(C(F)(F)F)n2)CCOCC1. The molecule has 1 aromatic heterocycles. The predicted molar refractivity (Wildman–Crippen MR) is 62.7 cm³/mol. The van der Waals surface area contributed by atoms with Gasteiger partial charge >= 0.3 is 12.1 Å². The highest BCUT2D eigenvalue weighted by atomic mass is 19.4. The second kappa shape index (κ2) is 5.57. The zero-order valence-corrected chi connectivity index (χ0v) is 11.1. The van der Waals surface area contributed by atoms with Crippen molar-refractivity contribution in [2.75, 3.05) is 20.3 Å². The lowest BCUT2D eigenvalue weighted by Gasteiger charge is -2.34. The number of carboxylic acid groups (broad SMARTS) is 1. The lowest BCUT2D eigenvalue weighted by atomic mass is 9.92. The van der Waals surface area contributed by atoms with Crippen LogP contribution in [0.25, 0.3) is 0 Å². The fraction of sp³-hybridized carbons (Fsp3) is 0.583. The van der Waals surface area contributed by atoms with E-state index in [-0.39, 0.29) is 5.82 Å². The minimum absolute atomic E-state index is 0.175. The van der Waals surface area contributed by atoms with E-state index < -0.39 is 29.0 Å². The second-order valence-electron chi connectivity index (χ2n) is 4.57. The number of aromatic nitrogens is 2. The molecule has 0 aliphatic carbocycles. The molecule has 1 aliphatic rings. The van der Waals surface area contributed by atoms with Gasteiger partial charge in [-0.05, 0) is 0 Å². The summed E-state index contributed by atoms with van der Waals surface area (Å²) in [5, 5.41) is 8.82. The normalized spacial score (nSPS) is 18.5. The third-order valence-corrected chi connectivity index (χ3v) is 3.39. The molecule has 2 heterocycles. The maximum Gasteiger partial charge on any atom is 0.434 e. The topological polar surface area (TPSA) is 81.5 Å². The predicted octanol–water partition coefficient (Wildman–Crippen LogP) is 1.85. The van der Waals surface area contributed by atoms with E-state index >= 15 is 0 Å². The van der Waals surface area contributed by atoms with Crippen LogP contribution in [0.15, 0.2) is 6.20 Å². The monoisotopic (exact) mass is 306 g/mol. The van der Waals surface area contributed by atoms with E-state index in [1.165, 1.54) is 7.11 Å². The summed E-state index contributed by atoms with van der Waals surface area (Å²) in [6, 6.07) is 0. The highest BCUT2D eigenvalue weighted by molar-refractivity contribution is 5.88. The van der Waals surface area contributed by atoms with Gasteiger partial charge in [0.05, 0.1) is 0 Å². The van der Waals surface area contributed by atoms with Crippen LogP contribution < -0.4 is 0 Å². The molecule has 0 saturated carbocycles. The van der Waals surface area contributed by atoms with E-state index in [4.69, 9.17) is 14.6 Å². The zero-order chi connectivity index (χ0) is 15.7. The number of hydrogen-bond donors (Lipinski definition) is 1. The molecule has 116 valence electrons. The summed E-state index contributed by atoms with van der Waals surface area (Å²) in [6.07, 6.45) is -3.62. The van der Waals surface area contributed by atoms with Gasteiger partial charge in [-0.3, -0.25) is 0 Å². The van der Waals surface area contributed by atoms with Crippen LogP contribution in [0.1, 0.15) is 34.7 Å². The maximum atomic E-state index is 13.0. The molecule has 0 atom stereocenters. The molecular formula is C12H13F3N2O4. The van der Waals surface area contributed by atoms with Gasteiger partial charge in [0, 0.05) is 39.4 Å². The van der Waals surface area contributed by atoms with Crippen LogP contribution in [0.4, 0.5) is 13.2 Å². The average molecular weight is 306 g/mol. The van der Waals surface area contributed by atoms with Gasteiger partial charge in [-0.2, -0.15) is 13.2 Å². The van der Waals surface area contributed by atoms with Crippen molar-refractivity contribution >= 4 is 5.97 Å². The maximum absolute atomic E-state index is 13.0. The van der Waals surface area contributed by atoms with Crippen LogP contribution in [0.5, 0.6) is 0 Å². The molecule has 0 amide bonds. The Morgan fingerprint density at radius 2 is 2.05 bits per heavy atom. The van der Waals surface area contributed by atoms with E-state index in [0.29, 0.717) is 32.3 Å². The molecule has 0 radical (unpaired) electrons. The van der Waals surface area contributed by atoms with Gasteiger partial charge in [0.2, 0.25) is 0 Å². The first kappa shape index (κ1) is 15.6. The van der Waals surface area contributed by atoms with E-state index in [1.54, 1.807) is 0 Å². The number of nitrogens with zero attached hydrogens (tertiary/aromatic N) is 2. The van der Waals surface area contributed by atoms with Gasteiger partial charge in [0.1, 0.15) is 11.2 Å². The molecule has 2 rings (SSSR count). The molecule has 1 saturated heterocycles. The van der Waals surface area contributed by atoms with Crippen molar-refractivity contribution in [1.82, 2.24) is 9.97 Å². The quantitative estimate of drug-likeness (QED) is 0.917. The number of aromatic carboxylic acids is 1. The lowest BCUT2D eigenvalue weighted by Crippen LogP contribution is -2.38. The minimum atomic E-state index is -4.88. The standard InChI is InChI=1S/C12H13F3N2O4/c1-20-11(2-4-21-5-3-11)10-16-6-7(9(18)19)8(17-10)12(13,14)15/h6H,2-5H2,1H3,(H,18,19). The Hall–Kier alpha value is -1.74. The summed E-state index contributed by atoms with van der Waals surface area (Å²) >= 11 is 0. The molecule has 1 fully saturated rings. The summed E-state index contributed by atoms with van der Waals surface area (Å²) in [7, 11) is 1.35. The lowest BCUT2D eigenvalue weighted by molar-refractivity contribution is -0.143. The number of hydrogen-bond acceptors (Lipinski definition) is 5. The molecule has 0 bridgehead atoms. The van der Waals surface area contributed by atoms with Crippen molar-refractivity contribution in [3.63, 3.8) is 0 Å². The second-order valence-corrected chi connectivity index (χ2v) is 4.57. The van der Waals surface area contributed by atoms with Crippen LogP contribution in [0, 0.1) is 0 Å². The summed E-state index contributed by atoms with van der Waals surface area (Å²) in [6.45, 7) is 0.610. The first-order chi connectivity index (χ1) is 9.80. The van der Waals surface area contributed by atoms with Crippen LogP contribution in [0.3, 0.4) is 0 Å². The highest BCUT2D eigenvalue weighted by Gasteiger charge is 2.42. The summed E-state index contributed by atoms with van der Waals surface area (Å²) in [5.41, 5.74) is -3.54. The van der Waals surface area contributed by atoms with Crippen LogP contribution in [-0.2, 0) is 21.3 Å². The Morgan fingerprint density at radius 1 is 1.43 bits per heavy atom. The fourth-order valence-corrected chi connectivity index (χ4v) is 2.19. The number of halogens is 3. The Kier molecular flexibility index (Phi) is 4.15. The van der Waals surface area contributed by atoms with Crippen LogP contribution in [-0.4, -0.2) is 41.4 Å². The molecule has 0 unspecified atom stereocenters. The first-order valence-electron chi connectivity index (χ1n) is 6.11. The number of ether oxygens (including phenoxy) is 2. The highest BCUT2D eigenvalue weighted by Crippen LogP contribution is 2.36. The van der Waals surface area contributed by atoms with E-state index in [2.05, 4.69) is 9.97 Å². The minimum Gasteiger partial charge on any atom is -0.478 e. The van der Waals surface area contributed by atoms with Crippen molar-refractivity contribution in [2.45, 2.75) is 24.6 Å². The average Bonchev–Trinajstić information content (AvgIpc) is 2.46. The number of methoxy groups -OCH3 is 1. The molecular weight excluding hydrogens is 293 g/mol. The van der Waals surface area contributed by atoms with Gasteiger partial charge in [0.15, 0.2) is 11.5 Å². The smallest absolute Gasteiger partial charge is 0.434 e. The zero-order valence-electron chi connectivity index (χ0n) is 11.1. The van der Waals surface area contributed by atoms with Crippen molar-refractivity contribution in [2.24, 2.45) is 0 Å². The van der Waals surface area contributed by atoms with Gasteiger partial charge in [-0.1, -0.05) is 0 Å². The van der Waals surface area contributed by atoms with Crippen molar-refractivity contribution in [3.8, 4) is 0 Å². The molecule has 6 nitrogen and oxygen atoms in total. The summed E-state index contributed by atoms with van der Waals surface area (Å²) in [5.74, 6) is -1.90. The summed E-state index contributed by atoms with van der Waals surface area (Å²) < 4.78 is 49.4. The number of carboxylic acids is 1. The summed E-state index contributed by atoms with van der Waals surface area (Å²) in [4.78, 5) is 18.1. The Bertz CT molecular complexity index is 542. The molecule has 0 spiro atoms. The Balaban J connectivity index is 2.53. The van der Waals surface area contributed by atoms with Gasteiger partial charge in [0.25, 0.3) is 0 Å². The van der Waals surface area contributed by atoms with Crippen molar-refractivity contribution < 1.29 is 32.5 Å². The van der Waals surface area contributed by atoms with Gasteiger partial charge in [-0.25, -0.2) is 14.8 Å². The van der Waals surface area contributed by atoms with E-state index in [9.17, 15) is 18.0 Å². The van der Waals surface area contributed by atoms with Crippen LogP contribution in [0.2, 0.25) is 0 Å².